The lowest BCUT2D eigenvalue weighted by Crippen LogP contribution is -2.17. The molecule has 0 aliphatic rings. The maximum atomic E-state index is 12.6. The van der Waals surface area contributed by atoms with Crippen LogP contribution in [0.3, 0.4) is 0 Å². The van der Waals surface area contributed by atoms with Crippen molar-refractivity contribution in [3.8, 4) is 17.0 Å². The summed E-state index contributed by atoms with van der Waals surface area (Å²) in [4.78, 5) is 12.6. The lowest BCUT2D eigenvalue weighted by Gasteiger charge is -2.10. The van der Waals surface area contributed by atoms with Gasteiger partial charge >= 0.3 is 6.36 Å². The highest BCUT2D eigenvalue weighted by atomic mass is 35.5. The van der Waals surface area contributed by atoms with Crippen LogP contribution in [0.25, 0.3) is 11.3 Å². The molecule has 3 rings (SSSR count). The number of nitrogens with one attached hydrogen (secondary N) is 1. The van der Waals surface area contributed by atoms with Gasteiger partial charge in [-0.2, -0.15) is 0 Å². The van der Waals surface area contributed by atoms with E-state index in [1.165, 1.54) is 12.1 Å². The topological polar surface area (TPSA) is 64.4 Å². The fourth-order valence-electron chi connectivity index (χ4n) is 2.41. The second-order valence-corrected chi connectivity index (χ2v) is 5.88. The molecule has 0 spiro atoms. The normalized spacial score (nSPS) is 11.3. The minimum atomic E-state index is -4.78. The Morgan fingerprint density at radius 2 is 1.81 bits per heavy atom. The minimum absolute atomic E-state index is 0.179. The molecule has 5 nitrogen and oxygen atoms in total. The molecule has 140 valence electrons. The first-order valence-electron chi connectivity index (χ1n) is 7.63. The van der Waals surface area contributed by atoms with E-state index in [9.17, 15) is 18.0 Å². The number of aromatic nitrogens is 1. The van der Waals surface area contributed by atoms with Gasteiger partial charge in [0, 0.05) is 11.3 Å². The number of alkyl halides is 3. The summed E-state index contributed by atoms with van der Waals surface area (Å²) >= 11 is 6.16. The van der Waals surface area contributed by atoms with Crippen molar-refractivity contribution >= 4 is 23.2 Å². The van der Waals surface area contributed by atoms with Gasteiger partial charge in [0.05, 0.1) is 5.02 Å². The largest absolute Gasteiger partial charge is 0.573 e. The van der Waals surface area contributed by atoms with E-state index in [0.717, 1.165) is 12.1 Å². The van der Waals surface area contributed by atoms with Crippen molar-refractivity contribution in [2.45, 2.75) is 13.3 Å². The van der Waals surface area contributed by atoms with Gasteiger partial charge in [0.15, 0.2) is 0 Å². The minimum Gasteiger partial charge on any atom is -0.406 e. The third kappa shape index (κ3) is 4.40. The monoisotopic (exact) mass is 396 g/mol. The molecule has 1 amide bonds. The number of carbonyl (C=O) groups is 1. The van der Waals surface area contributed by atoms with Crippen LogP contribution in [0.5, 0.6) is 5.75 Å². The number of rotatable bonds is 4. The summed E-state index contributed by atoms with van der Waals surface area (Å²) in [6.45, 7) is 1.57. The van der Waals surface area contributed by atoms with E-state index >= 15 is 0 Å². The predicted molar refractivity (Wildman–Crippen MR) is 92.8 cm³/mol. The molecule has 0 unspecified atom stereocenters. The highest BCUT2D eigenvalue weighted by Gasteiger charge is 2.31. The molecular formula is C18H12ClF3N2O3. The number of ether oxygens (including phenoxy) is 1. The number of amides is 1. The van der Waals surface area contributed by atoms with Crippen molar-refractivity contribution in [1.82, 2.24) is 5.16 Å². The van der Waals surface area contributed by atoms with E-state index in [0.29, 0.717) is 10.6 Å². The molecule has 0 fully saturated rings. The standard InChI is InChI=1S/C18H12ClF3N2O3/c1-10-15(16(24-27-10)13-4-2-3-5-14(13)19)17(25)23-11-6-8-12(9-7-11)26-18(20,21)22/h2-9H,1H3,(H,23,25). The van der Waals surface area contributed by atoms with Crippen LogP contribution < -0.4 is 10.1 Å². The molecule has 1 aromatic heterocycles. The molecule has 0 aliphatic carbocycles. The Bertz CT molecular complexity index is 969. The molecule has 1 N–H and O–H groups in total. The highest BCUT2D eigenvalue weighted by molar-refractivity contribution is 6.33. The van der Waals surface area contributed by atoms with Crippen molar-refractivity contribution in [3.05, 3.63) is 64.9 Å². The summed E-state index contributed by atoms with van der Waals surface area (Å²) in [6, 6.07) is 11.6. The molecule has 27 heavy (non-hydrogen) atoms. The summed E-state index contributed by atoms with van der Waals surface area (Å²) in [5.41, 5.74) is 1.25. The first kappa shape index (κ1) is 18.8. The van der Waals surface area contributed by atoms with Crippen LogP contribution in [0, 0.1) is 6.92 Å². The summed E-state index contributed by atoms with van der Waals surface area (Å²) in [5.74, 6) is -0.647. The summed E-state index contributed by atoms with van der Waals surface area (Å²) in [5, 5.41) is 6.88. The molecule has 0 aliphatic heterocycles. The first-order chi connectivity index (χ1) is 12.7. The van der Waals surface area contributed by atoms with Gasteiger partial charge in [-0.1, -0.05) is 35.0 Å². The van der Waals surface area contributed by atoms with Crippen molar-refractivity contribution in [3.63, 3.8) is 0 Å². The number of halogens is 4. The average Bonchev–Trinajstić information content (AvgIpc) is 2.97. The lowest BCUT2D eigenvalue weighted by atomic mass is 10.1. The Morgan fingerprint density at radius 3 is 2.44 bits per heavy atom. The van der Waals surface area contributed by atoms with Crippen LogP contribution in [-0.4, -0.2) is 17.4 Å². The Hall–Kier alpha value is -3.00. The van der Waals surface area contributed by atoms with Gasteiger partial charge in [0.2, 0.25) is 0 Å². The van der Waals surface area contributed by atoms with Crippen LogP contribution >= 0.6 is 11.6 Å². The van der Waals surface area contributed by atoms with E-state index in [2.05, 4.69) is 15.2 Å². The number of benzene rings is 2. The molecule has 0 radical (unpaired) electrons. The number of anilines is 1. The van der Waals surface area contributed by atoms with E-state index in [4.69, 9.17) is 16.1 Å². The zero-order valence-electron chi connectivity index (χ0n) is 13.8. The third-order valence-electron chi connectivity index (χ3n) is 3.56. The fourth-order valence-corrected chi connectivity index (χ4v) is 2.64. The zero-order chi connectivity index (χ0) is 19.6. The first-order valence-corrected chi connectivity index (χ1v) is 8.01. The average molecular weight is 397 g/mol. The van der Waals surface area contributed by atoms with Crippen molar-refractivity contribution < 1.29 is 27.2 Å². The number of hydrogen-bond acceptors (Lipinski definition) is 4. The Labute approximate surface area is 156 Å². The predicted octanol–water partition coefficient (Wildman–Crippen LogP) is 5.45. The molecule has 0 atom stereocenters. The van der Waals surface area contributed by atoms with Gasteiger partial charge in [-0.3, -0.25) is 4.79 Å². The number of aryl methyl sites for hydroxylation is 1. The Balaban J connectivity index is 1.83. The summed E-state index contributed by atoms with van der Waals surface area (Å²) < 4.78 is 45.5. The molecule has 0 bridgehead atoms. The summed E-state index contributed by atoms with van der Waals surface area (Å²) in [6.07, 6.45) is -4.78. The van der Waals surface area contributed by atoms with Gasteiger partial charge in [0.1, 0.15) is 22.8 Å². The van der Waals surface area contributed by atoms with Crippen LogP contribution in [0.1, 0.15) is 16.1 Å². The second-order valence-electron chi connectivity index (χ2n) is 5.47. The van der Waals surface area contributed by atoms with Gasteiger partial charge in [0.25, 0.3) is 5.91 Å². The second kappa shape index (κ2) is 7.32. The number of nitrogens with zero attached hydrogens (tertiary/aromatic N) is 1. The van der Waals surface area contributed by atoms with E-state index < -0.39 is 18.0 Å². The number of hydrogen-bond donors (Lipinski definition) is 1. The van der Waals surface area contributed by atoms with Crippen LogP contribution in [0.15, 0.2) is 53.1 Å². The van der Waals surface area contributed by atoms with Crippen molar-refractivity contribution in [2.24, 2.45) is 0 Å². The van der Waals surface area contributed by atoms with E-state index in [-0.39, 0.29) is 22.7 Å². The SMILES string of the molecule is Cc1onc(-c2ccccc2Cl)c1C(=O)Nc1ccc(OC(F)(F)F)cc1. The fraction of sp³-hybridized carbons (Fsp3) is 0.111. The Kier molecular flexibility index (Phi) is 5.09. The molecule has 1 heterocycles. The third-order valence-corrected chi connectivity index (χ3v) is 3.89. The highest BCUT2D eigenvalue weighted by Crippen LogP contribution is 2.31. The maximum absolute atomic E-state index is 12.6. The van der Waals surface area contributed by atoms with E-state index in [1.807, 2.05) is 0 Å². The van der Waals surface area contributed by atoms with Crippen LogP contribution in [0.4, 0.5) is 18.9 Å². The van der Waals surface area contributed by atoms with Crippen LogP contribution in [0.2, 0.25) is 5.02 Å². The quantitative estimate of drug-likeness (QED) is 0.636. The van der Waals surface area contributed by atoms with Gasteiger partial charge in [-0.25, -0.2) is 0 Å². The molecule has 3 aromatic rings. The molecule has 2 aromatic carbocycles. The smallest absolute Gasteiger partial charge is 0.406 e. The van der Waals surface area contributed by atoms with Crippen molar-refractivity contribution in [2.75, 3.05) is 5.32 Å². The van der Waals surface area contributed by atoms with Crippen LogP contribution in [-0.2, 0) is 0 Å². The van der Waals surface area contributed by atoms with Gasteiger partial charge in [-0.15, -0.1) is 13.2 Å². The van der Waals surface area contributed by atoms with E-state index in [1.54, 1.807) is 31.2 Å². The lowest BCUT2D eigenvalue weighted by molar-refractivity contribution is -0.274. The molecule has 0 saturated carbocycles. The molecular weight excluding hydrogens is 385 g/mol. The number of carbonyl (C=O) groups excluding carboxylic acids is 1. The van der Waals surface area contributed by atoms with Gasteiger partial charge < -0.3 is 14.6 Å². The maximum Gasteiger partial charge on any atom is 0.573 e. The van der Waals surface area contributed by atoms with Gasteiger partial charge in [-0.05, 0) is 37.3 Å². The molecule has 0 saturated heterocycles. The van der Waals surface area contributed by atoms with Crippen molar-refractivity contribution in [1.29, 1.82) is 0 Å². The Morgan fingerprint density at radius 1 is 1.15 bits per heavy atom. The summed E-state index contributed by atoms with van der Waals surface area (Å²) in [7, 11) is 0. The zero-order valence-corrected chi connectivity index (χ0v) is 14.6. The molecule has 9 heteroatoms.